The van der Waals surface area contributed by atoms with Crippen molar-refractivity contribution in [3.63, 3.8) is 0 Å². The normalized spacial score (nSPS) is 10.4. The number of amides is 2. The molecule has 0 radical (unpaired) electrons. The van der Waals surface area contributed by atoms with Crippen molar-refractivity contribution < 1.29 is 14.0 Å². The van der Waals surface area contributed by atoms with Gasteiger partial charge in [0.2, 0.25) is 5.91 Å². The highest BCUT2D eigenvalue weighted by atomic mass is 35.5. The molecule has 0 spiro atoms. The van der Waals surface area contributed by atoms with Gasteiger partial charge in [-0.05, 0) is 55.5 Å². The van der Waals surface area contributed by atoms with Gasteiger partial charge < -0.3 is 10.6 Å². The Labute approximate surface area is 177 Å². The van der Waals surface area contributed by atoms with Crippen LogP contribution in [0.3, 0.4) is 0 Å². The number of thioether (sulfide) groups is 1. The topological polar surface area (TPSA) is 58.2 Å². The quantitative estimate of drug-likeness (QED) is 0.490. The highest BCUT2D eigenvalue weighted by molar-refractivity contribution is 8.00. The van der Waals surface area contributed by atoms with Crippen molar-refractivity contribution in [3.8, 4) is 0 Å². The highest BCUT2D eigenvalue weighted by Gasteiger charge is 2.09. The van der Waals surface area contributed by atoms with Gasteiger partial charge in [-0.3, -0.25) is 9.59 Å². The van der Waals surface area contributed by atoms with Gasteiger partial charge in [-0.2, -0.15) is 0 Å². The van der Waals surface area contributed by atoms with Gasteiger partial charge in [-0.1, -0.05) is 35.4 Å². The summed E-state index contributed by atoms with van der Waals surface area (Å²) in [6.45, 7) is 1.96. The Morgan fingerprint density at radius 2 is 1.69 bits per heavy atom. The Morgan fingerprint density at radius 3 is 2.41 bits per heavy atom. The second kappa shape index (κ2) is 9.58. The largest absolute Gasteiger partial charge is 0.325 e. The molecule has 2 amide bonds. The van der Waals surface area contributed by atoms with Crippen molar-refractivity contribution >= 4 is 46.6 Å². The molecule has 0 aliphatic heterocycles. The van der Waals surface area contributed by atoms with E-state index in [0.717, 1.165) is 10.5 Å². The van der Waals surface area contributed by atoms with Gasteiger partial charge >= 0.3 is 0 Å². The molecule has 0 fully saturated rings. The Balaban J connectivity index is 1.56. The highest BCUT2D eigenvalue weighted by Crippen LogP contribution is 2.23. The van der Waals surface area contributed by atoms with Gasteiger partial charge in [0.1, 0.15) is 5.82 Å². The molecule has 3 aromatic rings. The van der Waals surface area contributed by atoms with Crippen LogP contribution in [0.1, 0.15) is 15.9 Å². The Bertz CT molecular complexity index is 1040. The molecule has 4 nitrogen and oxygen atoms in total. The molecule has 3 aromatic carbocycles. The molecule has 2 N–H and O–H groups in total. The van der Waals surface area contributed by atoms with Crippen molar-refractivity contribution in [2.75, 3.05) is 16.4 Å². The molecular weight excluding hydrogens is 411 g/mol. The predicted octanol–water partition coefficient (Wildman–Crippen LogP) is 5.77. The molecule has 0 heterocycles. The summed E-state index contributed by atoms with van der Waals surface area (Å²) in [7, 11) is 0. The standard InChI is InChI=1S/C22H18ClFN2O2S/c1-14-5-7-15(8-6-14)22(28)26-16-3-2-4-18(11-16)29-13-21(27)25-17-9-10-20(24)19(23)12-17/h2-12H,13H2,1H3,(H,25,27)(H,26,28). The second-order valence-electron chi connectivity index (χ2n) is 6.31. The summed E-state index contributed by atoms with van der Waals surface area (Å²) < 4.78 is 13.2. The molecule has 0 aromatic heterocycles. The van der Waals surface area contributed by atoms with E-state index in [9.17, 15) is 14.0 Å². The molecule has 0 saturated carbocycles. The molecule has 0 aliphatic rings. The number of rotatable bonds is 6. The minimum atomic E-state index is -0.538. The zero-order valence-electron chi connectivity index (χ0n) is 15.5. The van der Waals surface area contributed by atoms with Gasteiger partial charge in [0.25, 0.3) is 5.91 Å². The number of benzene rings is 3. The Kier molecular flexibility index (Phi) is 6.90. The third-order valence-corrected chi connectivity index (χ3v) is 5.26. The second-order valence-corrected chi connectivity index (χ2v) is 7.77. The van der Waals surface area contributed by atoms with E-state index in [4.69, 9.17) is 11.6 Å². The SMILES string of the molecule is Cc1ccc(C(=O)Nc2cccc(SCC(=O)Nc3ccc(F)c(Cl)c3)c2)cc1. The lowest BCUT2D eigenvalue weighted by Crippen LogP contribution is -2.14. The molecule has 0 atom stereocenters. The van der Waals surface area contributed by atoms with Crippen LogP contribution < -0.4 is 10.6 Å². The average molecular weight is 429 g/mol. The van der Waals surface area contributed by atoms with E-state index in [-0.39, 0.29) is 22.6 Å². The summed E-state index contributed by atoms with van der Waals surface area (Å²) in [5.74, 6) is -0.821. The molecule has 29 heavy (non-hydrogen) atoms. The first kappa shape index (κ1) is 20.9. The zero-order valence-corrected chi connectivity index (χ0v) is 17.1. The van der Waals surface area contributed by atoms with Crippen LogP contribution in [0.5, 0.6) is 0 Å². The fraction of sp³-hybridized carbons (Fsp3) is 0.0909. The van der Waals surface area contributed by atoms with Gasteiger partial charge in [0, 0.05) is 21.8 Å². The first-order valence-electron chi connectivity index (χ1n) is 8.76. The van der Waals surface area contributed by atoms with Crippen LogP contribution in [0.4, 0.5) is 15.8 Å². The maximum absolute atomic E-state index is 13.2. The van der Waals surface area contributed by atoms with E-state index >= 15 is 0 Å². The smallest absolute Gasteiger partial charge is 0.255 e. The third kappa shape index (κ3) is 6.07. The van der Waals surface area contributed by atoms with Gasteiger partial charge in [-0.25, -0.2) is 4.39 Å². The third-order valence-electron chi connectivity index (χ3n) is 3.98. The fourth-order valence-electron chi connectivity index (χ4n) is 2.49. The number of carbonyl (C=O) groups excluding carboxylic acids is 2. The van der Waals surface area contributed by atoms with Gasteiger partial charge in [0.05, 0.1) is 10.8 Å². The average Bonchev–Trinajstić information content (AvgIpc) is 2.70. The number of halogens is 2. The minimum Gasteiger partial charge on any atom is -0.325 e. The van der Waals surface area contributed by atoms with Crippen LogP contribution in [0, 0.1) is 12.7 Å². The van der Waals surface area contributed by atoms with Crippen LogP contribution in [0.15, 0.2) is 71.6 Å². The molecule has 0 bridgehead atoms. The number of aryl methyl sites for hydroxylation is 1. The van der Waals surface area contributed by atoms with E-state index < -0.39 is 5.82 Å². The summed E-state index contributed by atoms with van der Waals surface area (Å²) in [5.41, 5.74) is 2.74. The van der Waals surface area contributed by atoms with Gasteiger partial charge in [0.15, 0.2) is 0 Å². The molecule has 0 unspecified atom stereocenters. The summed E-state index contributed by atoms with van der Waals surface area (Å²) in [5, 5.41) is 5.48. The van der Waals surface area contributed by atoms with Crippen LogP contribution in [0.2, 0.25) is 5.02 Å². The van der Waals surface area contributed by atoms with E-state index in [2.05, 4.69) is 10.6 Å². The fourth-order valence-corrected chi connectivity index (χ4v) is 3.43. The Morgan fingerprint density at radius 1 is 0.966 bits per heavy atom. The molecular formula is C22H18ClFN2O2S. The van der Waals surface area contributed by atoms with E-state index in [1.54, 1.807) is 24.3 Å². The lowest BCUT2D eigenvalue weighted by molar-refractivity contribution is -0.113. The number of carbonyl (C=O) groups is 2. The van der Waals surface area contributed by atoms with Gasteiger partial charge in [-0.15, -0.1) is 11.8 Å². The maximum atomic E-state index is 13.2. The predicted molar refractivity (Wildman–Crippen MR) is 116 cm³/mol. The van der Waals surface area contributed by atoms with Crippen LogP contribution in [-0.2, 0) is 4.79 Å². The lowest BCUT2D eigenvalue weighted by Gasteiger charge is -2.09. The van der Waals surface area contributed by atoms with Crippen LogP contribution >= 0.6 is 23.4 Å². The van der Waals surface area contributed by atoms with Crippen molar-refractivity contribution in [3.05, 3.63) is 88.7 Å². The number of nitrogens with one attached hydrogen (secondary N) is 2. The Hall–Kier alpha value is -2.83. The summed E-state index contributed by atoms with van der Waals surface area (Å²) in [6.07, 6.45) is 0. The number of anilines is 2. The molecule has 0 aliphatic carbocycles. The number of hydrogen-bond donors (Lipinski definition) is 2. The monoisotopic (exact) mass is 428 g/mol. The molecule has 0 saturated heterocycles. The van der Waals surface area contributed by atoms with Crippen molar-refractivity contribution in [1.29, 1.82) is 0 Å². The minimum absolute atomic E-state index is 0.0486. The molecule has 7 heteroatoms. The van der Waals surface area contributed by atoms with E-state index in [0.29, 0.717) is 16.9 Å². The molecule has 3 rings (SSSR count). The summed E-state index contributed by atoms with van der Waals surface area (Å²) >= 11 is 7.04. The van der Waals surface area contributed by atoms with Crippen LogP contribution in [-0.4, -0.2) is 17.6 Å². The summed E-state index contributed by atoms with van der Waals surface area (Å²) in [6, 6.07) is 18.6. The van der Waals surface area contributed by atoms with Crippen molar-refractivity contribution in [2.45, 2.75) is 11.8 Å². The van der Waals surface area contributed by atoms with Crippen molar-refractivity contribution in [1.82, 2.24) is 0 Å². The van der Waals surface area contributed by atoms with E-state index in [1.165, 1.54) is 30.0 Å². The molecule has 148 valence electrons. The first-order chi connectivity index (χ1) is 13.9. The van der Waals surface area contributed by atoms with Crippen molar-refractivity contribution in [2.24, 2.45) is 0 Å². The van der Waals surface area contributed by atoms with E-state index in [1.807, 2.05) is 31.2 Å². The zero-order chi connectivity index (χ0) is 20.8. The first-order valence-corrected chi connectivity index (χ1v) is 10.1. The summed E-state index contributed by atoms with van der Waals surface area (Å²) in [4.78, 5) is 25.3. The number of hydrogen-bond acceptors (Lipinski definition) is 3. The maximum Gasteiger partial charge on any atom is 0.255 e. The lowest BCUT2D eigenvalue weighted by atomic mass is 10.1. The van der Waals surface area contributed by atoms with Crippen LogP contribution in [0.25, 0.3) is 0 Å².